The molecule has 140 valence electrons. The average molecular weight is 376 g/mol. The molecule has 0 fully saturated rings. The zero-order valence-electron chi connectivity index (χ0n) is 15.0. The maximum Gasteiger partial charge on any atom is 0.371 e. The maximum absolute atomic E-state index is 10.8. The molecule has 0 unspecified atom stereocenters. The van der Waals surface area contributed by atoms with Crippen LogP contribution in [0.25, 0.3) is 0 Å². The molecule has 0 atom stereocenters. The number of aliphatic imine (C=N–C) groups is 1. The van der Waals surface area contributed by atoms with Gasteiger partial charge in [0.05, 0.1) is 24.4 Å². The summed E-state index contributed by atoms with van der Waals surface area (Å²) < 4.78 is 16.2. The highest BCUT2D eigenvalue weighted by Crippen LogP contribution is 2.29. The van der Waals surface area contributed by atoms with Crippen LogP contribution in [0, 0.1) is 11.3 Å². The van der Waals surface area contributed by atoms with E-state index in [9.17, 15) is 4.79 Å². The smallest absolute Gasteiger partial charge is 0.371 e. The molecule has 1 heterocycles. The van der Waals surface area contributed by atoms with E-state index < -0.39 is 5.97 Å². The molecule has 7 nitrogen and oxygen atoms in total. The fourth-order valence-corrected chi connectivity index (χ4v) is 2.37. The van der Waals surface area contributed by atoms with Crippen LogP contribution in [-0.4, -0.2) is 24.4 Å². The van der Waals surface area contributed by atoms with Gasteiger partial charge in [-0.25, -0.2) is 4.79 Å². The number of carboxylic acids is 1. The van der Waals surface area contributed by atoms with Crippen molar-refractivity contribution in [3.05, 3.63) is 77.2 Å². The lowest BCUT2D eigenvalue weighted by atomic mass is 10.2. The molecule has 0 radical (unpaired) electrons. The third-order valence-electron chi connectivity index (χ3n) is 3.79. The van der Waals surface area contributed by atoms with Crippen LogP contribution in [-0.2, 0) is 6.61 Å². The zero-order valence-corrected chi connectivity index (χ0v) is 15.0. The number of furan rings is 1. The summed E-state index contributed by atoms with van der Waals surface area (Å²) in [5.41, 5.74) is 2.11. The zero-order chi connectivity index (χ0) is 19.9. The molecule has 28 heavy (non-hydrogen) atoms. The molecule has 2 aromatic carbocycles. The van der Waals surface area contributed by atoms with Crippen molar-refractivity contribution < 1.29 is 23.8 Å². The molecule has 0 amide bonds. The van der Waals surface area contributed by atoms with Crippen molar-refractivity contribution in [1.29, 1.82) is 5.26 Å². The molecule has 0 saturated heterocycles. The summed E-state index contributed by atoms with van der Waals surface area (Å²) in [4.78, 5) is 15.2. The van der Waals surface area contributed by atoms with Gasteiger partial charge >= 0.3 is 5.97 Å². The topological polar surface area (TPSA) is 105 Å². The van der Waals surface area contributed by atoms with Crippen molar-refractivity contribution in [2.75, 3.05) is 7.11 Å². The highest BCUT2D eigenvalue weighted by atomic mass is 16.5. The van der Waals surface area contributed by atoms with Crippen LogP contribution in [0.2, 0.25) is 0 Å². The van der Waals surface area contributed by atoms with E-state index in [1.165, 1.54) is 13.2 Å². The van der Waals surface area contributed by atoms with Gasteiger partial charge in [0, 0.05) is 6.21 Å². The predicted octanol–water partition coefficient (Wildman–Crippen LogP) is 4.19. The minimum atomic E-state index is -1.13. The van der Waals surface area contributed by atoms with Gasteiger partial charge < -0.3 is 19.0 Å². The van der Waals surface area contributed by atoms with E-state index >= 15 is 0 Å². The second kappa shape index (κ2) is 8.56. The van der Waals surface area contributed by atoms with Crippen molar-refractivity contribution in [2.45, 2.75) is 6.61 Å². The van der Waals surface area contributed by atoms with Crippen LogP contribution in [0.5, 0.6) is 11.5 Å². The number of hydrogen-bond acceptors (Lipinski definition) is 6. The molecule has 0 saturated carbocycles. The van der Waals surface area contributed by atoms with Gasteiger partial charge in [0.15, 0.2) is 11.5 Å². The van der Waals surface area contributed by atoms with Gasteiger partial charge in [0.2, 0.25) is 5.76 Å². The summed E-state index contributed by atoms with van der Waals surface area (Å²) in [5, 5.41) is 17.7. The van der Waals surface area contributed by atoms with E-state index in [-0.39, 0.29) is 12.4 Å². The Morgan fingerprint density at radius 3 is 2.61 bits per heavy atom. The minimum absolute atomic E-state index is 0.0717. The average Bonchev–Trinajstić information content (AvgIpc) is 3.20. The molecule has 0 aliphatic rings. The first-order valence-electron chi connectivity index (χ1n) is 8.26. The van der Waals surface area contributed by atoms with E-state index in [0.29, 0.717) is 22.8 Å². The maximum atomic E-state index is 10.8. The number of hydrogen-bond donors (Lipinski definition) is 1. The summed E-state index contributed by atoms with van der Waals surface area (Å²) in [6.45, 7) is 0.0717. The van der Waals surface area contributed by atoms with Crippen LogP contribution >= 0.6 is 0 Å². The Balaban J connectivity index is 1.69. The first-order chi connectivity index (χ1) is 13.6. The van der Waals surface area contributed by atoms with Crippen LogP contribution in [0.3, 0.4) is 0 Å². The van der Waals surface area contributed by atoms with Crippen molar-refractivity contribution in [3.8, 4) is 17.6 Å². The number of ether oxygens (including phenoxy) is 2. The number of carbonyl (C=O) groups is 1. The minimum Gasteiger partial charge on any atom is -0.493 e. The van der Waals surface area contributed by atoms with E-state index in [0.717, 1.165) is 11.3 Å². The Hall–Kier alpha value is -4.05. The van der Waals surface area contributed by atoms with Gasteiger partial charge in [0.1, 0.15) is 12.4 Å². The molecule has 7 heteroatoms. The number of carboxylic acid groups (broad SMARTS) is 1. The largest absolute Gasteiger partial charge is 0.493 e. The molecule has 1 N–H and O–H groups in total. The number of methoxy groups -OCH3 is 1. The van der Waals surface area contributed by atoms with E-state index in [2.05, 4.69) is 11.1 Å². The second-order valence-corrected chi connectivity index (χ2v) is 5.69. The SMILES string of the molecule is COc1cc(C=Nc2ccc(C#N)cc2)ccc1OCc1ccc(C(=O)O)o1. The molecule has 0 aliphatic heterocycles. The molecule has 0 spiro atoms. The Morgan fingerprint density at radius 2 is 1.96 bits per heavy atom. The second-order valence-electron chi connectivity index (χ2n) is 5.69. The van der Waals surface area contributed by atoms with Crippen LogP contribution in [0.15, 0.2) is 64.0 Å². The summed E-state index contributed by atoms with van der Waals surface area (Å²) in [6, 6.07) is 17.2. The summed E-state index contributed by atoms with van der Waals surface area (Å²) >= 11 is 0. The van der Waals surface area contributed by atoms with Crippen molar-refractivity contribution >= 4 is 17.9 Å². The fourth-order valence-electron chi connectivity index (χ4n) is 2.37. The van der Waals surface area contributed by atoms with Gasteiger partial charge in [-0.2, -0.15) is 5.26 Å². The summed E-state index contributed by atoms with van der Waals surface area (Å²) in [7, 11) is 1.53. The lowest BCUT2D eigenvalue weighted by Gasteiger charge is -2.10. The van der Waals surface area contributed by atoms with Crippen molar-refractivity contribution in [1.82, 2.24) is 0 Å². The number of rotatable bonds is 7. The molecule has 3 aromatic rings. The van der Waals surface area contributed by atoms with Crippen molar-refractivity contribution in [2.24, 2.45) is 4.99 Å². The van der Waals surface area contributed by atoms with E-state index in [1.807, 2.05) is 6.07 Å². The quantitative estimate of drug-likeness (QED) is 0.620. The third kappa shape index (κ3) is 4.56. The lowest BCUT2D eigenvalue weighted by Crippen LogP contribution is -1.98. The molecule has 3 rings (SSSR count). The van der Waals surface area contributed by atoms with Gasteiger partial charge in [-0.05, 0) is 60.2 Å². The Morgan fingerprint density at radius 1 is 1.18 bits per heavy atom. The highest BCUT2D eigenvalue weighted by molar-refractivity contribution is 5.84. The predicted molar refractivity (Wildman–Crippen MR) is 101 cm³/mol. The molecular formula is C21H16N2O5. The van der Waals surface area contributed by atoms with Gasteiger partial charge in [-0.1, -0.05) is 0 Å². The molecule has 0 bridgehead atoms. The normalized spacial score (nSPS) is 10.6. The Labute approximate surface area is 161 Å². The summed E-state index contributed by atoms with van der Waals surface area (Å²) in [5.74, 6) is 0.126. The van der Waals surface area contributed by atoms with Gasteiger partial charge in [-0.3, -0.25) is 4.99 Å². The number of nitrogens with zero attached hydrogens (tertiary/aromatic N) is 2. The number of aromatic carboxylic acids is 1. The highest BCUT2D eigenvalue weighted by Gasteiger charge is 2.11. The summed E-state index contributed by atoms with van der Waals surface area (Å²) in [6.07, 6.45) is 1.68. The third-order valence-corrected chi connectivity index (χ3v) is 3.79. The van der Waals surface area contributed by atoms with Crippen LogP contribution in [0.4, 0.5) is 5.69 Å². The van der Waals surface area contributed by atoms with Gasteiger partial charge in [0.25, 0.3) is 0 Å². The van der Waals surface area contributed by atoms with Crippen LogP contribution in [0.1, 0.15) is 27.4 Å². The van der Waals surface area contributed by atoms with Crippen molar-refractivity contribution in [3.63, 3.8) is 0 Å². The standard InChI is InChI=1S/C21H16N2O5/c1-26-20-10-15(12-23-16-5-2-14(11-22)3-6-16)4-8-18(20)27-13-17-7-9-19(28-17)21(24)25/h2-10,12H,13H2,1H3,(H,24,25). The molecule has 1 aromatic heterocycles. The first kappa shape index (κ1) is 18.7. The number of nitriles is 1. The van der Waals surface area contributed by atoms with E-state index in [4.69, 9.17) is 24.3 Å². The molecule has 0 aliphatic carbocycles. The van der Waals surface area contributed by atoms with Gasteiger partial charge in [-0.15, -0.1) is 0 Å². The van der Waals surface area contributed by atoms with E-state index in [1.54, 1.807) is 48.7 Å². The first-order valence-corrected chi connectivity index (χ1v) is 8.26. The van der Waals surface area contributed by atoms with Crippen LogP contribution < -0.4 is 9.47 Å². The monoisotopic (exact) mass is 376 g/mol. The number of benzene rings is 2. The molecular weight excluding hydrogens is 360 g/mol. The Bertz CT molecular complexity index is 1050. The fraction of sp³-hybridized carbons (Fsp3) is 0.0952. The Kier molecular flexibility index (Phi) is 5.72. The lowest BCUT2D eigenvalue weighted by molar-refractivity contribution is 0.0658.